The van der Waals surface area contributed by atoms with Crippen molar-refractivity contribution in [2.75, 3.05) is 13.0 Å². The lowest BCUT2D eigenvalue weighted by molar-refractivity contribution is -0.384. The zero-order valence-corrected chi connectivity index (χ0v) is 8.73. The van der Waals surface area contributed by atoms with Gasteiger partial charge in [-0.25, -0.2) is 8.42 Å². The minimum absolute atomic E-state index is 0.00921. The van der Waals surface area contributed by atoms with Gasteiger partial charge < -0.3 is 4.74 Å². The number of rotatable bonds is 4. The van der Waals surface area contributed by atoms with Gasteiger partial charge in [-0.05, 0) is 12.1 Å². The van der Waals surface area contributed by atoms with Crippen LogP contribution in [0.2, 0.25) is 0 Å². The number of ether oxygens (including phenoxy) is 1. The molecule has 0 saturated carbocycles. The molecule has 0 aliphatic heterocycles. The largest absolute Gasteiger partial charge is 0.368 e. The SMILES string of the molecule is COCS(=O)(=O)c1ccc([N+](=O)[O-])cc1. The molecule has 0 aromatic heterocycles. The molecule has 0 heterocycles. The number of hydrogen-bond donors (Lipinski definition) is 0. The van der Waals surface area contributed by atoms with Crippen molar-refractivity contribution < 1.29 is 18.1 Å². The lowest BCUT2D eigenvalue weighted by atomic mass is 10.3. The summed E-state index contributed by atoms with van der Waals surface area (Å²) in [5.41, 5.74) is -0.147. The maximum Gasteiger partial charge on any atom is 0.269 e. The Balaban J connectivity index is 3.04. The van der Waals surface area contributed by atoms with Crippen LogP contribution in [-0.4, -0.2) is 26.4 Å². The maximum atomic E-state index is 11.4. The minimum atomic E-state index is -3.50. The number of nitro groups is 1. The minimum Gasteiger partial charge on any atom is -0.368 e. The molecule has 0 saturated heterocycles. The van der Waals surface area contributed by atoms with Crippen molar-refractivity contribution >= 4 is 15.5 Å². The number of methoxy groups -OCH3 is 1. The average Bonchev–Trinajstić information content (AvgIpc) is 2.18. The third-order valence-corrected chi connectivity index (χ3v) is 3.22. The van der Waals surface area contributed by atoms with E-state index in [2.05, 4.69) is 4.74 Å². The second-order valence-electron chi connectivity index (χ2n) is 2.77. The van der Waals surface area contributed by atoms with E-state index in [-0.39, 0.29) is 10.6 Å². The fraction of sp³-hybridized carbons (Fsp3) is 0.250. The summed E-state index contributed by atoms with van der Waals surface area (Å²) in [6.07, 6.45) is 0. The molecule has 0 radical (unpaired) electrons. The third-order valence-electron chi connectivity index (χ3n) is 1.68. The molecule has 1 aromatic rings. The molecule has 82 valence electrons. The fourth-order valence-electron chi connectivity index (χ4n) is 0.998. The number of hydrogen-bond acceptors (Lipinski definition) is 5. The molecule has 0 aliphatic carbocycles. The number of nitro benzene ring substituents is 1. The van der Waals surface area contributed by atoms with Gasteiger partial charge in [0.25, 0.3) is 5.69 Å². The Morgan fingerprint density at radius 1 is 1.33 bits per heavy atom. The first kappa shape index (κ1) is 11.6. The van der Waals surface area contributed by atoms with E-state index in [1.54, 1.807) is 0 Å². The van der Waals surface area contributed by atoms with Crippen LogP contribution in [0.5, 0.6) is 0 Å². The van der Waals surface area contributed by atoms with Crippen LogP contribution < -0.4 is 0 Å². The lowest BCUT2D eigenvalue weighted by Gasteiger charge is -2.01. The standard InChI is InChI=1S/C8H9NO5S/c1-14-6-15(12,13)8-4-2-7(3-5-8)9(10)11/h2-5H,6H2,1H3. The molecule has 7 heteroatoms. The normalized spacial score (nSPS) is 11.3. The van der Waals surface area contributed by atoms with Gasteiger partial charge in [0, 0.05) is 19.2 Å². The van der Waals surface area contributed by atoms with Gasteiger partial charge in [0.1, 0.15) is 0 Å². The van der Waals surface area contributed by atoms with Gasteiger partial charge in [-0.15, -0.1) is 0 Å². The maximum absolute atomic E-state index is 11.4. The number of sulfone groups is 1. The molecule has 0 aliphatic rings. The first-order valence-corrected chi connectivity index (χ1v) is 5.59. The van der Waals surface area contributed by atoms with E-state index in [4.69, 9.17) is 0 Å². The number of benzene rings is 1. The topological polar surface area (TPSA) is 86.5 Å². The van der Waals surface area contributed by atoms with Gasteiger partial charge in [-0.2, -0.15) is 0 Å². The van der Waals surface area contributed by atoms with Gasteiger partial charge in [0.2, 0.25) is 9.84 Å². The molecular weight excluding hydrogens is 222 g/mol. The van der Waals surface area contributed by atoms with Gasteiger partial charge >= 0.3 is 0 Å². The molecule has 0 atom stereocenters. The first-order valence-electron chi connectivity index (χ1n) is 3.93. The first-order chi connectivity index (χ1) is 6.97. The summed E-state index contributed by atoms with van der Waals surface area (Å²) in [6.45, 7) is 0. The number of non-ortho nitro benzene ring substituents is 1. The predicted molar refractivity (Wildman–Crippen MR) is 52.2 cm³/mol. The molecule has 15 heavy (non-hydrogen) atoms. The van der Waals surface area contributed by atoms with Gasteiger partial charge in [0.15, 0.2) is 5.94 Å². The van der Waals surface area contributed by atoms with E-state index in [0.29, 0.717) is 0 Å². The summed E-state index contributed by atoms with van der Waals surface area (Å²) in [4.78, 5) is 9.74. The van der Waals surface area contributed by atoms with Gasteiger partial charge in [0.05, 0.1) is 9.82 Å². The quantitative estimate of drug-likeness (QED) is 0.569. The second kappa shape index (κ2) is 4.37. The summed E-state index contributed by atoms with van der Waals surface area (Å²) < 4.78 is 27.4. The smallest absolute Gasteiger partial charge is 0.269 e. The summed E-state index contributed by atoms with van der Waals surface area (Å²) in [5.74, 6) is -0.440. The van der Waals surface area contributed by atoms with Crippen LogP contribution in [0.4, 0.5) is 5.69 Å². The van der Waals surface area contributed by atoms with Crippen LogP contribution in [-0.2, 0) is 14.6 Å². The molecule has 0 amide bonds. The summed E-state index contributed by atoms with van der Waals surface area (Å²) in [7, 11) is -2.23. The molecule has 0 unspecified atom stereocenters. The van der Waals surface area contributed by atoms with Crippen molar-refractivity contribution in [3.05, 3.63) is 34.4 Å². The Morgan fingerprint density at radius 2 is 1.87 bits per heavy atom. The molecular formula is C8H9NO5S. The Kier molecular flexibility index (Phi) is 3.38. The van der Waals surface area contributed by atoms with E-state index in [1.807, 2.05) is 0 Å². The van der Waals surface area contributed by atoms with Crippen LogP contribution in [0.25, 0.3) is 0 Å². The molecule has 1 rings (SSSR count). The molecule has 0 N–H and O–H groups in total. The van der Waals surface area contributed by atoms with E-state index in [0.717, 1.165) is 12.1 Å². The highest BCUT2D eigenvalue weighted by atomic mass is 32.2. The van der Waals surface area contributed by atoms with Crippen molar-refractivity contribution in [2.45, 2.75) is 4.90 Å². The zero-order valence-electron chi connectivity index (χ0n) is 7.91. The highest BCUT2D eigenvalue weighted by Gasteiger charge is 2.15. The lowest BCUT2D eigenvalue weighted by Crippen LogP contribution is -2.08. The summed E-state index contributed by atoms with van der Waals surface area (Å²) >= 11 is 0. The molecule has 0 fully saturated rings. The van der Waals surface area contributed by atoms with Gasteiger partial charge in [-0.1, -0.05) is 0 Å². The van der Waals surface area contributed by atoms with Crippen LogP contribution in [0, 0.1) is 10.1 Å². The van der Waals surface area contributed by atoms with Crippen molar-refractivity contribution in [1.29, 1.82) is 0 Å². The van der Waals surface area contributed by atoms with E-state index >= 15 is 0 Å². The highest BCUT2D eigenvalue weighted by molar-refractivity contribution is 7.91. The van der Waals surface area contributed by atoms with E-state index in [9.17, 15) is 18.5 Å². The third kappa shape index (κ3) is 2.74. The van der Waals surface area contributed by atoms with Crippen molar-refractivity contribution in [3.63, 3.8) is 0 Å². The second-order valence-corrected chi connectivity index (χ2v) is 4.71. The molecule has 1 aromatic carbocycles. The van der Waals surface area contributed by atoms with Crippen molar-refractivity contribution in [1.82, 2.24) is 0 Å². The van der Waals surface area contributed by atoms with E-state index in [1.165, 1.54) is 19.2 Å². The number of nitrogens with zero attached hydrogens (tertiary/aromatic N) is 1. The average molecular weight is 231 g/mol. The summed E-state index contributed by atoms with van der Waals surface area (Å²) in [6, 6.07) is 4.66. The van der Waals surface area contributed by atoms with Crippen molar-refractivity contribution in [3.8, 4) is 0 Å². The van der Waals surface area contributed by atoms with Gasteiger partial charge in [-0.3, -0.25) is 10.1 Å². The summed E-state index contributed by atoms with van der Waals surface area (Å²) in [5, 5.41) is 10.3. The zero-order chi connectivity index (χ0) is 11.5. The van der Waals surface area contributed by atoms with E-state index < -0.39 is 20.7 Å². The fourth-order valence-corrected chi connectivity index (χ4v) is 2.00. The monoisotopic (exact) mass is 231 g/mol. The molecule has 6 nitrogen and oxygen atoms in total. The Bertz CT molecular complexity index is 450. The van der Waals surface area contributed by atoms with Crippen LogP contribution in [0.3, 0.4) is 0 Å². The predicted octanol–water partition coefficient (Wildman–Crippen LogP) is 0.972. The van der Waals surface area contributed by atoms with Crippen molar-refractivity contribution in [2.24, 2.45) is 0 Å². The molecule has 0 spiro atoms. The molecule has 0 bridgehead atoms. The Labute approximate surface area is 86.6 Å². The van der Waals surface area contributed by atoms with Crippen LogP contribution in [0.1, 0.15) is 0 Å². The Hall–Kier alpha value is -1.47. The Morgan fingerprint density at radius 3 is 2.27 bits per heavy atom. The van der Waals surface area contributed by atoms with Crippen LogP contribution in [0.15, 0.2) is 29.2 Å². The van der Waals surface area contributed by atoms with Crippen LogP contribution >= 0.6 is 0 Å². The highest BCUT2D eigenvalue weighted by Crippen LogP contribution is 2.16.